The Kier molecular flexibility index (Phi) is 7.85. The van der Waals surface area contributed by atoms with E-state index < -0.39 is 0 Å². The minimum Gasteiger partial charge on any atom is -0.456 e. The summed E-state index contributed by atoms with van der Waals surface area (Å²) in [4.78, 5) is 2.36. The third-order valence-electron chi connectivity index (χ3n) is 10.5. The molecule has 0 fully saturated rings. The zero-order chi connectivity index (χ0) is 35.8. The summed E-state index contributed by atoms with van der Waals surface area (Å²) in [6, 6.07) is 75.9. The molecular weight excluding hydrogens is 655 g/mol. The molecule has 0 bridgehead atoms. The van der Waals surface area contributed by atoms with E-state index in [0.717, 1.165) is 50.5 Å². The molecule has 1 aromatic heterocycles. The van der Waals surface area contributed by atoms with Crippen molar-refractivity contribution in [3.05, 3.63) is 212 Å². The summed E-state index contributed by atoms with van der Waals surface area (Å²) in [5.41, 5.74) is 12.4. The van der Waals surface area contributed by atoms with Crippen LogP contribution in [0.2, 0.25) is 0 Å². The lowest BCUT2D eigenvalue weighted by Crippen LogP contribution is -2.09. The Morgan fingerprint density at radius 3 is 1.61 bits per heavy atom. The highest BCUT2D eigenvalue weighted by Crippen LogP contribution is 2.40. The summed E-state index contributed by atoms with van der Waals surface area (Å²) in [5, 5.41) is 6.09. The Morgan fingerprint density at radius 2 is 0.852 bits per heavy atom. The van der Waals surface area contributed by atoms with Crippen molar-refractivity contribution in [3.8, 4) is 44.7 Å². The first-order valence-corrected chi connectivity index (χ1v) is 18.4. The molecule has 9 aromatic carbocycles. The first-order chi connectivity index (χ1) is 26.7. The highest BCUT2D eigenvalue weighted by molar-refractivity contribution is 6.08. The minimum atomic E-state index is 0.875. The third kappa shape index (κ3) is 5.81. The van der Waals surface area contributed by atoms with Crippen LogP contribution in [0.1, 0.15) is 0 Å². The molecule has 0 aliphatic heterocycles. The van der Waals surface area contributed by atoms with Crippen molar-refractivity contribution in [2.24, 2.45) is 0 Å². The van der Waals surface area contributed by atoms with Crippen LogP contribution in [0.15, 0.2) is 217 Å². The van der Waals surface area contributed by atoms with Crippen molar-refractivity contribution in [1.29, 1.82) is 0 Å². The van der Waals surface area contributed by atoms with Crippen LogP contribution in [0.25, 0.3) is 77.2 Å². The second-order valence-corrected chi connectivity index (χ2v) is 13.8. The van der Waals surface area contributed by atoms with E-state index in [-0.39, 0.29) is 0 Å². The van der Waals surface area contributed by atoms with Crippen LogP contribution >= 0.6 is 0 Å². The van der Waals surface area contributed by atoms with Crippen LogP contribution in [0.3, 0.4) is 0 Å². The van der Waals surface area contributed by atoms with E-state index in [1.54, 1.807) is 0 Å². The Morgan fingerprint density at radius 1 is 0.296 bits per heavy atom. The predicted octanol–water partition coefficient (Wildman–Crippen LogP) is 14.9. The quantitative estimate of drug-likeness (QED) is 0.155. The molecule has 254 valence electrons. The molecule has 10 aromatic rings. The van der Waals surface area contributed by atoms with Crippen molar-refractivity contribution in [1.82, 2.24) is 0 Å². The van der Waals surface area contributed by atoms with Crippen molar-refractivity contribution >= 4 is 49.6 Å². The lowest BCUT2D eigenvalue weighted by molar-refractivity contribution is 0.631. The normalized spacial score (nSPS) is 11.3. The van der Waals surface area contributed by atoms with Crippen molar-refractivity contribution in [2.45, 2.75) is 0 Å². The van der Waals surface area contributed by atoms with Crippen LogP contribution in [-0.2, 0) is 0 Å². The number of benzene rings is 9. The molecule has 0 amide bonds. The highest BCUT2D eigenvalue weighted by atomic mass is 16.3. The molecule has 0 saturated carbocycles. The molecule has 0 aliphatic rings. The van der Waals surface area contributed by atoms with Gasteiger partial charge in [0, 0.05) is 28.0 Å². The summed E-state index contributed by atoms with van der Waals surface area (Å²) in [6.45, 7) is 0. The van der Waals surface area contributed by atoms with Gasteiger partial charge in [-0.2, -0.15) is 0 Å². The van der Waals surface area contributed by atoms with Gasteiger partial charge >= 0.3 is 0 Å². The Labute approximate surface area is 314 Å². The number of nitrogens with zero attached hydrogens (tertiary/aromatic N) is 1. The fourth-order valence-electron chi connectivity index (χ4n) is 7.76. The molecule has 0 unspecified atom stereocenters. The van der Waals surface area contributed by atoms with Crippen molar-refractivity contribution < 1.29 is 4.42 Å². The zero-order valence-electron chi connectivity index (χ0n) is 29.6. The van der Waals surface area contributed by atoms with Gasteiger partial charge in [0.15, 0.2) is 0 Å². The third-order valence-corrected chi connectivity index (χ3v) is 10.5. The molecule has 2 nitrogen and oxygen atoms in total. The number of anilines is 3. The van der Waals surface area contributed by atoms with Gasteiger partial charge in [-0.25, -0.2) is 0 Å². The molecule has 54 heavy (non-hydrogen) atoms. The van der Waals surface area contributed by atoms with Gasteiger partial charge in [0.2, 0.25) is 0 Å². The van der Waals surface area contributed by atoms with Gasteiger partial charge in [-0.15, -0.1) is 0 Å². The summed E-state index contributed by atoms with van der Waals surface area (Å²) in [5.74, 6) is 0.875. The maximum Gasteiger partial charge on any atom is 0.135 e. The summed E-state index contributed by atoms with van der Waals surface area (Å²) >= 11 is 0. The number of para-hydroxylation sites is 1. The number of rotatable bonds is 7. The van der Waals surface area contributed by atoms with E-state index >= 15 is 0 Å². The number of furan rings is 1. The van der Waals surface area contributed by atoms with Crippen LogP contribution in [-0.4, -0.2) is 0 Å². The molecule has 0 spiro atoms. The SMILES string of the molecule is c1ccc(-c2ccccc2-c2ccc(N(c3ccc(-c4cccc(-c5cc6ccccc6o5)c4)cc3)c3ccc4c(ccc5ccccc54)c3)cc2)cc1. The van der Waals surface area contributed by atoms with E-state index in [1.807, 2.05) is 18.2 Å². The maximum absolute atomic E-state index is 6.21. The van der Waals surface area contributed by atoms with Gasteiger partial charge in [0.05, 0.1) is 0 Å². The van der Waals surface area contributed by atoms with Gasteiger partial charge in [0.1, 0.15) is 11.3 Å². The van der Waals surface area contributed by atoms with Crippen LogP contribution in [0, 0.1) is 0 Å². The Hall–Kier alpha value is -7.16. The number of fused-ring (bicyclic) bond motifs is 4. The first kappa shape index (κ1) is 31.6. The van der Waals surface area contributed by atoms with Gasteiger partial charge < -0.3 is 9.32 Å². The highest BCUT2D eigenvalue weighted by Gasteiger charge is 2.16. The van der Waals surface area contributed by atoms with E-state index in [4.69, 9.17) is 4.42 Å². The van der Waals surface area contributed by atoms with Crippen molar-refractivity contribution in [3.63, 3.8) is 0 Å². The molecule has 0 saturated heterocycles. The topological polar surface area (TPSA) is 16.4 Å². The lowest BCUT2D eigenvalue weighted by Gasteiger charge is -2.26. The molecular formula is C52H35NO. The standard InChI is InChI=1S/C52H35NO/c1-2-11-37(12-3-1)47-18-7-8-19-49(47)39-25-29-45(30-26-39)53(46-31-32-50-41(34-46)22-21-38-13-4-6-17-48(38)50)44-27-23-36(24-28-44)40-15-10-16-42(33-40)52-35-43-14-5-9-20-51(43)54-52/h1-35H. The molecule has 0 N–H and O–H groups in total. The van der Waals surface area contributed by atoms with E-state index in [2.05, 4.69) is 199 Å². The van der Waals surface area contributed by atoms with Crippen molar-refractivity contribution in [2.75, 3.05) is 4.90 Å². The molecule has 10 rings (SSSR count). The molecule has 0 aliphatic carbocycles. The summed E-state index contributed by atoms with van der Waals surface area (Å²) in [6.07, 6.45) is 0. The van der Waals surface area contributed by atoms with Crippen LogP contribution in [0.4, 0.5) is 17.1 Å². The fourth-order valence-corrected chi connectivity index (χ4v) is 7.76. The Balaban J connectivity index is 1.04. The van der Waals surface area contributed by atoms with E-state index in [1.165, 1.54) is 43.8 Å². The first-order valence-electron chi connectivity index (χ1n) is 18.4. The van der Waals surface area contributed by atoms with Gasteiger partial charge in [-0.3, -0.25) is 0 Å². The summed E-state index contributed by atoms with van der Waals surface area (Å²) < 4.78 is 6.21. The van der Waals surface area contributed by atoms with Gasteiger partial charge in [-0.05, 0) is 110 Å². The number of hydrogen-bond acceptors (Lipinski definition) is 2. The minimum absolute atomic E-state index is 0.875. The largest absolute Gasteiger partial charge is 0.456 e. The lowest BCUT2D eigenvalue weighted by atomic mass is 9.94. The van der Waals surface area contributed by atoms with Gasteiger partial charge in [-0.1, -0.05) is 158 Å². The maximum atomic E-state index is 6.21. The summed E-state index contributed by atoms with van der Waals surface area (Å²) in [7, 11) is 0. The second-order valence-electron chi connectivity index (χ2n) is 13.8. The molecule has 0 radical (unpaired) electrons. The van der Waals surface area contributed by atoms with E-state index in [9.17, 15) is 0 Å². The molecule has 1 heterocycles. The zero-order valence-corrected chi connectivity index (χ0v) is 29.6. The molecule has 2 heteroatoms. The van der Waals surface area contributed by atoms with E-state index in [0.29, 0.717) is 0 Å². The Bertz CT molecular complexity index is 2890. The number of hydrogen-bond donors (Lipinski definition) is 0. The second kappa shape index (κ2) is 13.4. The van der Waals surface area contributed by atoms with Crippen LogP contribution in [0.5, 0.6) is 0 Å². The predicted molar refractivity (Wildman–Crippen MR) is 228 cm³/mol. The fraction of sp³-hybridized carbons (Fsp3) is 0. The monoisotopic (exact) mass is 689 g/mol. The van der Waals surface area contributed by atoms with Crippen LogP contribution < -0.4 is 4.90 Å². The average Bonchev–Trinajstić information content (AvgIpc) is 3.69. The van der Waals surface area contributed by atoms with Gasteiger partial charge in [0.25, 0.3) is 0 Å². The molecule has 0 atom stereocenters. The smallest absolute Gasteiger partial charge is 0.135 e. The average molecular weight is 690 g/mol.